The van der Waals surface area contributed by atoms with E-state index in [9.17, 15) is 4.79 Å². The number of amides is 1. The summed E-state index contributed by atoms with van der Waals surface area (Å²) in [6.45, 7) is 4.71. The van der Waals surface area contributed by atoms with Crippen LogP contribution in [0.5, 0.6) is 6.01 Å². The SMILES string of the molecule is Cc1ncn(-c2cc(NCCNC(=O)COc3ncccn3)ncn2)c1C. The van der Waals surface area contributed by atoms with Crippen LogP contribution in [0.15, 0.2) is 37.2 Å². The molecule has 3 heterocycles. The number of nitrogens with one attached hydrogen (secondary N) is 2. The molecule has 0 aliphatic heterocycles. The van der Waals surface area contributed by atoms with Gasteiger partial charge >= 0.3 is 6.01 Å². The van der Waals surface area contributed by atoms with Crippen LogP contribution in [-0.4, -0.2) is 55.1 Å². The molecule has 0 fully saturated rings. The van der Waals surface area contributed by atoms with Gasteiger partial charge in [0.1, 0.15) is 24.3 Å². The van der Waals surface area contributed by atoms with Crippen LogP contribution in [0, 0.1) is 13.8 Å². The van der Waals surface area contributed by atoms with Gasteiger partial charge < -0.3 is 15.4 Å². The average molecular weight is 368 g/mol. The summed E-state index contributed by atoms with van der Waals surface area (Å²) in [5.74, 6) is 1.14. The Hall–Kier alpha value is -3.56. The molecule has 27 heavy (non-hydrogen) atoms. The van der Waals surface area contributed by atoms with E-state index in [1.54, 1.807) is 24.8 Å². The van der Waals surface area contributed by atoms with E-state index >= 15 is 0 Å². The molecule has 10 nitrogen and oxygen atoms in total. The van der Waals surface area contributed by atoms with Gasteiger partial charge in [0.25, 0.3) is 5.91 Å². The Morgan fingerprint density at radius 1 is 1.11 bits per heavy atom. The summed E-state index contributed by atoms with van der Waals surface area (Å²) >= 11 is 0. The van der Waals surface area contributed by atoms with Crippen LogP contribution in [0.4, 0.5) is 5.82 Å². The van der Waals surface area contributed by atoms with Gasteiger partial charge in [-0.3, -0.25) is 9.36 Å². The third-order valence-corrected chi connectivity index (χ3v) is 3.78. The number of aryl methyl sites for hydroxylation is 1. The van der Waals surface area contributed by atoms with Crippen LogP contribution >= 0.6 is 0 Å². The predicted molar refractivity (Wildman–Crippen MR) is 97.7 cm³/mol. The number of aromatic nitrogens is 6. The Labute approximate surface area is 156 Å². The lowest BCUT2D eigenvalue weighted by Crippen LogP contribution is -2.33. The van der Waals surface area contributed by atoms with E-state index in [0.29, 0.717) is 18.9 Å². The fourth-order valence-electron chi connectivity index (χ4n) is 2.24. The molecule has 0 saturated carbocycles. The second kappa shape index (κ2) is 8.70. The highest BCUT2D eigenvalue weighted by Crippen LogP contribution is 2.13. The highest BCUT2D eigenvalue weighted by atomic mass is 16.5. The summed E-state index contributed by atoms with van der Waals surface area (Å²) in [4.78, 5) is 32.2. The van der Waals surface area contributed by atoms with Gasteiger partial charge in [0.05, 0.1) is 5.69 Å². The van der Waals surface area contributed by atoms with Crippen LogP contribution in [-0.2, 0) is 4.79 Å². The molecule has 0 bridgehead atoms. The third kappa shape index (κ3) is 4.97. The number of nitrogens with zero attached hydrogens (tertiary/aromatic N) is 6. The van der Waals surface area contributed by atoms with E-state index in [1.807, 2.05) is 24.5 Å². The smallest absolute Gasteiger partial charge is 0.316 e. The topological polar surface area (TPSA) is 120 Å². The number of hydrogen-bond donors (Lipinski definition) is 2. The molecule has 0 aliphatic rings. The van der Waals surface area contributed by atoms with Gasteiger partial charge in [0.2, 0.25) is 0 Å². The second-order valence-corrected chi connectivity index (χ2v) is 5.64. The van der Waals surface area contributed by atoms with Gasteiger partial charge in [-0.05, 0) is 19.9 Å². The highest BCUT2D eigenvalue weighted by Gasteiger charge is 2.07. The Kier molecular flexibility index (Phi) is 5.87. The highest BCUT2D eigenvalue weighted by molar-refractivity contribution is 5.77. The molecular formula is C17H20N8O2. The van der Waals surface area contributed by atoms with Crippen molar-refractivity contribution in [3.05, 3.63) is 48.6 Å². The lowest BCUT2D eigenvalue weighted by Gasteiger charge is -2.09. The van der Waals surface area contributed by atoms with Crippen molar-refractivity contribution < 1.29 is 9.53 Å². The van der Waals surface area contributed by atoms with Crippen molar-refractivity contribution in [2.75, 3.05) is 25.0 Å². The minimum Gasteiger partial charge on any atom is -0.453 e. The van der Waals surface area contributed by atoms with Crippen molar-refractivity contribution in [3.8, 4) is 11.8 Å². The molecule has 3 aromatic rings. The maximum absolute atomic E-state index is 11.8. The van der Waals surface area contributed by atoms with E-state index in [4.69, 9.17) is 4.74 Å². The lowest BCUT2D eigenvalue weighted by molar-refractivity contribution is -0.123. The third-order valence-electron chi connectivity index (χ3n) is 3.78. The van der Waals surface area contributed by atoms with Crippen LogP contribution in [0.3, 0.4) is 0 Å². The van der Waals surface area contributed by atoms with Crippen molar-refractivity contribution in [2.45, 2.75) is 13.8 Å². The Balaban J connectivity index is 1.43. The molecule has 1 amide bonds. The van der Waals surface area contributed by atoms with E-state index < -0.39 is 0 Å². The standard InChI is InChI=1S/C17H20N8O2/c1-12-13(2)25(11-24-12)15-8-14(22-10-23-15)18-6-7-19-16(26)9-27-17-20-4-3-5-21-17/h3-5,8,10-11H,6-7,9H2,1-2H3,(H,19,26)(H,18,22,23). The van der Waals surface area contributed by atoms with Crippen molar-refractivity contribution in [3.63, 3.8) is 0 Å². The molecule has 3 aromatic heterocycles. The molecule has 2 N–H and O–H groups in total. The summed E-state index contributed by atoms with van der Waals surface area (Å²) in [6.07, 6.45) is 6.31. The molecule has 3 rings (SSSR count). The molecule has 0 unspecified atom stereocenters. The lowest BCUT2D eigenvalue weighted by atomic mass is 10.4. The zero-order valence-corrected chi connectivity index (χ0v) is 15.1. The number of carbonyl (C=O) groups is 1. The number of imidazole rings is 1. The van der Waals surface area contributed by atoms with Gasteiger partial charge in [0.15, 0.2) is 6.61 Å². The largest absolute Gasteiger partial charge is 0.453 e. The molecule has 0 saturated heterocycles. The monoisotopic (exact) mass is 368 g/mol. The molecule has 140 valence electrons. The molecule has 10 heteroatoms. The summed E-state index contributed by atoms with van der Waals surface area (Å²) in [5.41, 5.74) is 1.98. The number of anilines is 1. The summed E-state index contributed by atoms with van der Waals surface area (Å²) < 4.78 is 7.07. The zero-order valence-electron chi connectivity index (χ0n) is 15.1. The van der Waals surface area contributed by atoms with Crippen LogP contribution in [0.2, 0.25) is 0 Å². The quantitative estimate of drug-likeness (QED) is 0.557. The molecule has 0 atom stereocenters. The fraction of sp³-hybridized carbons (Fsp3) is 0.294. The Morgan fingerprint density at radius 3 is 2.67 bits per heavy atom. The first-order chi connectivity index (χ1) is 13.1. The van der Waals surface area contributed by atoms with E-state index in [0.717, 1.165) is 17.2 Å². The molecule has 0 radical (unpaired) electrons. The first-order valence-corrected chi connectivity index (χ1v) is 8.37. The molecular weight excluding hydrogens is 348 g/mol. The van der Waals surface area contributed by atoms with Crippen LogP contribution < -0.4 is 15.4 Å². The first-order valence-electron chi connectivity index (χ1n) is 8.37. The summed E-state index contributed by atoms with van der Waals surface area (Å²) in [7, 11) is 0. The molecule has 0 aromatic carbocycles. The van der Waals surface area contributed by atoms with Crippen molar-refractivity contribution in [1.29, 1.82) is 0 Å². The van der Waals surface area contributed by atoms with E-state index in [2.05, 4.69) is 35.6 Å². The fourth-order valence-corrected chi connectivity index (χ4v) is 2.24. The number of carbonyl (C=O) groups excluding carboxylic acids is 1. The minimum atomic E-state index is -0.253. The van der Waals surface area contributed by atoms with Gasteiger partial charge in [-0.25, -0.2) is 24.9 Å². The van der Waals surface area contributed by atoms with Crippen LogP contribution in [0.25, 0.3) is 5.82 Å². The number of ether oxygens (including phenoxy) is 1. The van der Waals surface area contributed by atoms with Gasteiger partial charge in [-0.2, -0.15) is 0 Å². The number of rotatable bonds is 8. The maximum Gasteiger partial charge on any atom is 0.316 e. The average Bonchev–Trinajstić information content (AvgIpc) is 3.03. The van der Waals surface area contributed by atoms with Crippen molar-refractivity contribution >= 4 is 11.7 Å². The maximum atomic E-state index is 11.8. The van der Waals surface area contributed by atoms with Gasteiger partial charge in [-0.15, -0.1) is 0 Å². The first kappa shape index (κ1) is 18.2. The van der Waals surface area contributed by atoms with Gasteiger partial charge in [-0.1, -0.05) is 0 Å². The number of hydrogen-bond acceptors (Lipinski definition) is 8. The predicted octanol–water partition coefficient (Wildman–Crippen LogP) is 0.676. The normalized spacial score (nSPS) is 10.4. The van der Waals surface area contributed by atoms with Crippen molar-refractivity contribution in [1.82, 2.24) is 34.8 Å². The molecule has 0 spiro atoms. The van der Waals surface area contributed by atoms with E-state index in [1.165, 1.54) is 6.33 Å². The van der Waals surface area contributed by atoms with Gasteiger partial charge in [0, 0.05) is 37.2 Å². The zero-order chi connectivity index (χ0) is 19.1. The summed E-state index contributed by atoms with van der Waals surface area (Å²) in [5, 5.41) is 5.89. The van der Waals surface area contributed by atoms with Crippen molar-refractivity contribution in [2.24, 2.45) is 0 Å². The van der Waals surface area contributed by atoms with E-state index in [-0.39, 0.29) is 18.5 Å². The second-order valence-electron chi connectivity index (χ2n) is 5.64. The molecule has 0 aliphatic carbocycles. The minimum absolute atomic E-state index is 0.138. The Bertz CT molecular complexity index is 897. The Morgan fingerprint density at radius 2 is 1.93 bits per heavy atom. The summed E-state index contributed by atoms with van der Waals surface area (Å²) in [6, 6.07) is 3.67. The van der Waals surface area contributed by atoms with Crippen LogP contribution in [0.1, 0.15) is 11.4 Å².